The van der Waals surface area contributed by atoms with Gasteiger partial charge in [-0.25, -0.2) is 0 Å². The van der Waals surface area contributed by atoms with Crippen LogP contribution in [0.5, 0.6) is 0 Å². The number of piperidine rings is 1. The van der Waals surface area contributed by atoms with Gasteiger partial charge < -0.3 is 9.64 Å². The lowest BCUT2D eigenvalue weighted by molar-refractivity contribution is -0.154. The number of hydrogen-bond acceptors (Lipinski definition) is 3. The molecule has 1 aliphatic heterocycles. The molecule has 144 valence electrons. The van der Waals surface area contributed by atoms with E-state index in [-0.39, 0.29) is 28.6 Å². The Bertz CT molecular complexity index is 627. The fourth-order valence-corrected chi connectivity index (χ4v) is 3.17. The molecule has 26 heavy (non-hydrogen) atoms. The third-order valence-electron chi connectivity index (χ3n) is 4.96. The number of benzene rings is 1. The van der Waals surface area contributed by atoms with E-state index >= 15 is 0 Å². The van der Waals surface area contributed by atoms with Gasteiger partial charge in [-0.15, -0.1) is 0 Å². The number of amides is 1. The van der Waals surface area contributed by atoms with E-state index < -0.39 is 0 Å². The maximum Gasteiger partial charge on any atom is 0.309 e. The van der Waals surface area contributed by atoms with E-state index in [0.717, 1.165) is 5.56 Å². The number of carbonyl (C=O) groups excluding carboxylic acids is 2. The third kappa shape index (κ3) is 5.33. The highest BCUT2D eigenvalue weighted by molar-refractivity contribution is 5.82. The van der Waals surface area contributed by atoms with Crippen LogP contribution in [0.2, 0.25) is 0 Å². The Morgan fingerprint density at radius 3 is 2.00 bits per heavy atom. The standard InChI is InChI=1S/C22H33NO3/c1-21(2,3)18-9-7-16(8-10-18)15-26-19(24)17-11-13-23(14-12-17)20(25)22(4,5)6/h7-10,17H,11-15H2,1-6H3. The topological polar surface area (TPSA) is 46.6 Å². The molecule has 0 N–H and O–H groups in total. The van der Waals surface area contributed by atoms with Gasteiger partial charge in [0.05, 0.1) is 5.92 Å². The fourth-order valence-electron chi connectivity index (χ4n) is 3.17. The molecule has 1 saturated heterocycles. The van der Waals surface area contributed by atoms with Gasteiger partial charge in [-0.1, -0.05) is 65.8 Å². The van der Waals surface area contributed by atoms with Gasteiger partial charge in [0.2, 0.25) is 5.91 Å². The molecule has 2 rings (SSSR count). The largest absolute Gasteiger partial charge is 0.461 e. The van der Waals surface area contributed by atoms with Crippen LogP contribution in [-0.2, 0) is 26.3 Å². The molecule has 1 aliphatic rings. The lowest BCUT2D eigenvalue weighted by Crippen LogP contribution is -2.45. The highest BCUT2D eigenvalue weighted by Crippen LogP contribution is 2.25. The highest BCUT2D eigenvalue weighted by atomic mass is 16.5. The smallest absolute Gasteiger partial charge is 0.309 e. The normalized spacial score (nSPS) is 16.5. The predicted molar refractivity (Wildman–Crippen MR) is 104 cm³/mol. The predicted octanol–water partition coefficient (Wildman–Crippen LogP) is 4.31. The van der Waals surface area contributed by atoms with Crippen molar-refractivity contribution < 1.29 is 14.3 Å². The van der Waals surface area contributed by atoms with Crippen molar-refractivity contribution in [1.82, 2.24) is 4.90 Å². The summed E-state index contributed by atoms with van der Waals surface area (Å²) in [6, 6.07) is 8.25. The summed E-state index contributed by atoms with van der Waals surface area (Å²) in [6.45, 7) is 13.9. The monoisotopic (exact) mass is 359 g/mol. The molecule has 1 amide bonds. The Balaban J connectivity index is 1.82. The van der Waals surface area contributed by atoms with E-state index in [1.807, 2.05) is 37.8 Å². The minimum atomic E-state index is -0.368. The van der Waals surface area contributed by atoms with E-state index in [1.54, 1.807) is 0 Å². The first-order chi connectivity index (χ1) is 12.0. The van der Waals surface area contributed by atoms with Gasteiger partial charge in [-0.3, -0.25) is 9.59 Å². The van der Waals surface area contributed by atoms with Gasteiger partial charge in [0.25, 0.3) is 0 Å². The average molecular weight is 360 g/mol. The van der Waals surface area contributed by atoms with E-state index in [0.29, 0.717) is 32.5 Å². The Hall–Kier alpha value is -1.84. The van der Waals surface area contributed by atoms with Crippen molar-refractivity contribution in [3.05, 3.63) is 35.4 Å². The summed E-state index contributed by atoms with van der Waals surface area (Å²) < 4.78 is 5.51. The van der Waals surface area contributed by atoms with Crippen LogP contribution >= 0.6 is 0 Å². The van der Waals surface area contributed by atoms with Gasteiger partial charge in [-0.2, -0.15) is 0 Å². The summed E-state index contributed by atoms with van der Waals surface area (Å²) in [4.78, 5) is 26.5. The van der Waals surface area contributed by atoms with Gasteiger partial charge in [0, 0.05) is 18.5 Å². The number of hydrogen-bond donors (Lipinski definition) is 0. The van der Waals surface area contributed by atoms with Crippen molar-refractivity contribution in [2.24, 2.45) is 11.3 Å². The zero-order chi connectivity index (χ0) is 19.5. The van der Waals surface area contributed by atoms with Gasteiger partial charge in [-0.05, 0) is 29.4 Å². The van der Waals surface area contributed by atoms with Crippen molar-refractivity contribution in [2.75, 3.05) is 13.1 Å². The van der Waals surface area contributed by atoms with Crippen molar-refractivity contribution in [1.29, 1.82) is 0 Å². The van der Waals surface area contributed by atoms with Crippen molar-refractivity contribution in [3.8, 4) is 0 Å². The van der Waals surface area contributed by atoms with Crippen LogP contribution in [0.1, 0.15) is 65.5 Å². The molecule has 1 aromatic carbocycles. The molecule has 1 aromatic rings. The second kappa shape index (κ2) is 7.81. The van der Waals surface area contributed by atoms with Crippen LogP contribution < -0.4 is 0 Å². The molecule has 0 aromatic heterocycles. The minimum Gasteiger partial charge on any atom is -0.461 e. The zero-order valence-electron chi connectivity index (χ0n) is 17.1. The molecular weight excluding hydrogens is 326 g/mol. The van der Waals surface area contributed by atoms with Crippen LogP contribution in [0.15, 0.2) is 24.3 Å². The maximum absolute atomic E-state index is 12.3. The lowest BCUT2D eigenvalue weighted by Gasteiger charge is -2.34. The number of rotatable bonds is 3. The van der Waals surface area contributed by atoms with Crippen LogP contribution in [0, 0.1) is 11.3 Å². The van der Waals surface area contributed by atoms with Crippen LogP contribution in [-0.4, -0.2) is 29.9 Å². The highest BCUT2D eigenvalue weighted by Gasteiger charge is 2.32. The second-order valence-corrected chi connectivity index (χ2v) is 9.37. The lowest BCUT2D eigenvalue weighted by atomic mass is 9.87. The quantitative estimate of drug-likeness (QED) is 0.756. The van der Waals surface area contributed by atoms with Gasteiger partial charge in [0.1, 0.15) is 6.61 Å². The molecule has 0 aliphatic carbocycles. The third-order valence-corrected chi connectivity index (χ3v) is 4.96. The first kappa shape index (κ1) is 20.5. The van der Waals surface area contributed by atoms with Crippen molar-refractivity contribution in [3.63, 3.8) is 0 Å². The van der Waals surface area contributed by atoms with E-state index in [1.165, 1.54) is 5.56 Å². The number of nitrogens with zero attached hydrogens (tertiary/aromatic N) is 1. The van der Waals surface area contributed by atoms with Crippen LogP contribution in [0.4, 0.5) is 0 Å². The Morgan fingerprint density at radius 2 is 1.54 bits per heavy atom. The Labute approximate surface area is 157 Å². The van der Waals surface area contributed by atoms with Crippen LogP contribution in [0.3, 0.4) is 0 Å². The molecule has 0 radical (unpaired) electrons. The van der Waals surface area contributed by atoms with E-state index in [9.17, 15) is 9.59 Å². The van der Waals surface area contributed by atoms with Gasteiger partial charge >= 0.3 is 5.97 Å². The van der Waals surface area contributed by atoms with Gasteiger partial charge in [0.15, 0.2) is 0 Å². The second-order valence-electron chi connectivity index (χ2n) is 9.37. The summed E-state index contributed by atoms with van der Waals surface area (Å²) in [5, 5.41) is 0. The summed E-state index contributed by atoms with van der Waals surface area (Å²) >= 11 is 0. The number of carbonyl (C=O) groups is 2. The summed E-state index contributed by atoms with van der Waals surface area (Å²) in [6.07, 6.45) is 1.37. The Kier molecular flexibility index (Phi) is 6.15. The molecular formula is C22H33NO3. The van der Waals surface area contributed by atoms with Crippen molar-refractivity contribution in [2.45, 2.75) is 66.4 Å². The molecule has 0 bridgehead atoms. The maximum atomic E-state index is 12.3. The molecule has 4 nitrogen and oxygen atoms in total. The molecule has 0 unspecified atom stereocenters. The minimum absolute atomic E-state index is 0.104. The SMILES string of the molecule is CC(C)(C)C(=O)N1CCC(C(=O)OCc2ccc(C(C)(C)C)cc2)CC1. The molecule has 0 spiro atoms. The molecule has 1 heterocycles. The fraction of sp³-hybridized carbons (Fsp3) is 0.636. The number of ether oxygens (including phenoxy) is 1. The Morgan fingerprint density at radius 1 is 1.00 bits per heavy atom. The zero-order valence-corrected chi connectivity index (χ0v) is 17.1. The molecule has 0 atom stereocenters. The summed E-state index contributed by atoms with van der Waals surface area (Å²) in [5.41, 5.74) is 2.02. The first-order valence-corrected chi connectivity index (χ1v) is 9.54. The average Bonchev–Trinajstić information content (AvgIpc) is 2.58. The van der Waals surface area contributed by atoms with E-state index in [2.05, 4.69) is 32.9 Å². The number of esters is 1. The first-order valence-electron chi connectivity index (χ1n) is 9.54. The molecule has 0 saturated carbocycles. The summed E-state index contributed by atoms with van der Waals surface area (Å²) in [7, 11) is 0. The summed E-state index contributed by atoms with van der Waals surface area (Å²) in [5.74, 6) is -0.0936. The van der Waals surface area contributed by atoms with Crippen LogP contribution in [0.25, 0.3) is 0 Å². The molecule has 1 fully saturated rings. The number of likely N-dealkylation sites (tertiary alicyclic amines) is 1. The van der Waals surface area contributed by atoms with E-state index in [4.69, 9.17) is 4.74 Å². The van der Waals surface area contributed by atoms with Crippen molar-refractivity contribution >= 4 is 11.9 Å². The molecule has 4 heteroatoms.